The van der Waals surface area contributed by atoms with Gasteiger partial charge in [-0.25, -0.2) is 0 Å². The lowest BCUT2D eigenvalue weighted by molar-refractivity contribution is 0.613. The number of nitrogens with zero attached hydrogens (tertiary/aromatic N) is 1. The zero-order valence-electron chi connectivity index (χ0n) is 8.37. The Labute approximate surface area is 84.9 Å². The summed E-state index contributed by atoms with van der Waals surface area (Å²) in [6, 6.07) is 9.54. The fraction of sp³-hybridized carbons (Fsp3) is 0.500. The summed E-state index contributed by atoms with van der Waals surface area (Å²) in [5, 5.41) is 3.51. The van der Waals surface area contributed by atoms with Gasteiger partial charge in [0, 0.05) is 24.8 Å². The quantitative estimate of drug-likeness (QED) is 0.662. The highest BCUT2D eigenvalue weighted by molar-refractivity contribution is 5.59. The molecule has 2 aliphatic heterocycles. The van der Waals surface area contributed by atoms with Crippen molar-refractivity contribution in [3.8, 4) is 0 Å². The van der Waals surface area contributed by atoms with E-state index in [-0.39, 0.29) is 0 Å². The van der Waals surface area contributed by atoms with Crippen molar-refractivity contribution in [1.29, 1.82) is 0 Å². The van der Waals surface area contributed by atoms with Gasteiger partial charge in [-0.3, -0.25) is 0 Å². The predicted molar refractivity (Wildman–Crippen MR) is 58.8 cm³/mol. The second kappa shape index (κ2) is 3.28. The Bertz CT molecular complexity index is 335. The van der Waals surface area contributed by atoms with Crippen LogP contribution in [-0.4, -0.2) is 25.7 Å². The number of hydrogen-bond acceptors (Lipinski definition) is 2. The summed E-state index contributed by atoms with van der Waals surface area (Å²) < 4.78 is 0. The first-order valence-electron chi connectivity index (χ1n) is 5.50. The van der Waals surface area contributed by atoms with Gasteiger partial charge < -0.3 is 10.2 Å². The van der Waals surface area contributed by atoms with E-state index in [1.54, 1.807) is 0 Å². The van der Waals surface area contributed by atoms with Crippen LogP contribution in [0.2, 0.25) is 0 Å². The highest BCUT2D eigenvalue weighted by Crippen LogP contribution is 2.32. The van der Waals surface area contributed by atoms with E-state index in [0.29, 0.717) is 6.04 Å². The van der Waals surface area contributed by atoms with Crippen LogP contribution in [0.5, 0.6) is 0 Å². The lowest BCUT2D eigenvalue weighted by Crippen LogP contribution is -2.36. The number of hydrogen-bond donors (Lipinski definition) is 1. The maximum atomic E-state index is 3.51. The van der Waals surface area contributed by atoms with Crippen LogP contribution in [0.25, 0.3) is 0 Å². The minimum absolute atomic E-state index is 0.704. The number of nitrogens with one attached hydrogen (secondary N) is 1. The highest BCUT2D eigenvalue weighted by atomic mass is 15.2. The van der Waals surface area contributed by atoms with Crippen molar-refractivity contribution in [2.75, 3.05) is 24.5 Å². The molecular formula is C12H16N2. The van der Waals surface area contributed by atoms with Gasteiger partial charge in [0.2, 0.25) is 0 Å². The fourth-order valence-corrected chi connectivity index (χ4v) is 2.65. The van der Waals surface area contributed by atoms with Crippen LogP contribution in [0.15, 0.2) is 24.3 Å². The molecule has 14 heavy (non-hydrogen) atoms. The summed E-state index contributed by atoms with van der Waals surface area (Å²) in [6.45, 7) is 3.54. The standard InChI is InChI=1S/C12H16N2/c1-2-5-12-10(4-1)8-11-9-13-6-3-7-14(11)12/h1-2,4-5,11,13H,3,6-9H2/t11-/m0/s1. The van der Waals surface area contributed by atoms with Crippen LogP contribution >= 0.6 is 0 Å². The Morgan fingerprint density at radius 1 is 1.29 bits per heavy atom. The minimum Gasteiger partial charge on any atom is -0.367 e. The largest absolute Gasteiger partial charge is 0.367 e. The Morgan fingerprint density at radius 3 is 3.21 bits per heavy atom. The fourth-order valence-electron chi connectivity index (χ4n) is 2.65. The van der Waals surface area contributed by atoms with Crippen molar-refractivity contribution in [2.45, 2.75) is 18.9 Å². The van der Waals surface area contributed by atoms with Gasteiger partial charge in [-0.2, -0.15) is 0 Å². The molecule has 0 bridgehead atoms. The first kappa shape index (κ1) is 8.30. The third kappa shape index (κ3) is 1.22. The number of para-hydroxylation sites is 1. The van der Waals surface area contributed by atoms with Gasteiger partial charge in [0.15, 0.2) is 0 Å². The average Bonchev–Trinajstić information content (AvgIpc) is 2.42. The molecule has 1 saturated heterocycles. The van der Waals surface area contributed by atoms with E-state index < -0.39 is 0 Å². The van der Waals surface area contributed by atoms with Crippen LogP contribution in [-0.2, 0) is 6.42 Å². The molecule has 1 aromatic rings. The SMILES string of the molecule is c1ccc2c(c1)C[C@H]1CNCCCN21. The van der Waals surface area contributed by atoms with Gasteiger partial charge in [0.1, 0.15) is 0 Å². The first-order valence-corrected chi connectivity index (χ1v) is 5.50. The molecule has 0 radical (unpaired) electrons. The van der Waals surface area contributed by atoms with Crippen LogP contribution in [0.4, 0.5) is 5.69 Å². The Hall–Kier alpha value is -1.02. The molecule has 1 atom stereocenters. The van der Waals surface area contributed by atoms with Crippen molar-refractivity contribution in [3.63, 3.8) is 0 Å². The van der Waals surface area contributed by atoms with Crippen molar-refractivity contribution >= 4 is 5.69 Å². The molecule has 0 spiro atoms. The summed E-state index contributed by atoms with van der Waals surface area (Å²) in [5.41, 5.74) is 3.00. The number of fused-ring (bicyclic) bond motifs is 3. The Balaban J connectivity index is 1.96. The van der Waals surface area contributed by atoms with Crippen LogP contribution in [0.1, 0.15) is 12.0 Å². The normalized spacial score (nSPS) is 25.4. The molecule has 2 aliphatic rings. The van der Waals surface area contributed by atoms with Crippen molar-refractivity contribution in [1.82, 2.24) is 5.32 Å². The van der Waals surface area contributed by atoms with Crippen molar-refractivity contribution in [2.24, 2.45) is 0 Å². The van der Waals surface area contributed by atoms with E-state index >= 15 is 0 Å². The average molecular weight is 188 g/mol. The third-order valence-electron chi connectivity index (χ3n) is 3.33. The van der Waals surface area contributed by atoms with Crippen molar-refractivity contribution < 1.29 is 0 Å². The second-order valence-electron chi connectivity index (χ2n) is 4.24. The van der Waals surface area contributed by atoms with E-state index in [2.05, 4.69) is 34.5 Å². The molecule has 2 heterocycles. The van der Waals surface area contributed by atoms with Gasteiger partial charge in [0.25, 0.3) is 0 Å². The van der Waals surface area contributed by atoms with Crippen molar-refractivity contribution in [3.05, 3.63) is 29.8 Å². The third-order valence-corrected chi connectivity index (χ3v) is 3.33. The summed E-state index contributed by atoms with van der Waals surface area (Å²) in [5.74, 6) is 0. The zero-order valence-corrected chi connectivity index (χ0v) is 8.37. The molecule has 0 unspecified atom stereocenters. The van der Waals surface area contributed by atoms with Crippen LogP contribution in [0, 0.1) is 0 Å². The van der Waals surface area contributed by atoms with Gasteiger partial charge in [-0.05, 0) is 31.0 Å². The molecule has 74 valence electrons. The minimum atomic E-state index is 0.704. The molecule has 0 aromatic heterocycles. The summed E-state index contributed by atoms with van der Waals surface area (Å²) >= 11 is 0. The van der Waals surface area contributed by atoms with Gasteiger partial charge in [-0.15, -0.1) is 0 Å². The van der Waals surface area contributed by atoms with E-state index in [1.165, 1.54) is 37.2 Å². The van der Waals surface area contributed by atoms with E-state index in [0.717, 1.165) is 6.54 Å². The number of benzene rings is 1. The van der Waals surface area contributed by atoms with E-state index in [4.69, 9.17) is 0 Å². The smallest absolute Gasteiger partial charge is 0.0455 e. The summed E-state index contributed by atoms with van der Waals surface area (Å²) in [4.78, 5) is 2.58. The monoisotopic (exact) mass is 188 g/mol. The topological polar surface area (TPSA) is 15.3 Å². The van der Waals surface area contributed by atoms with E-state index in [1.807, 2.05) is 0 Å². The highest BCUT2D eigenvalue weighted by Gasteiger charge is 2.29. The van der Waals surface area contributed by atoms with Gasteiger partial charge in [0.05, 0.1) is 0 Å². The molecule has 0 aliphatic carbocycles. The molecule has 1 fully saturated rings. The number of rotatable bonds is 0. The summed E-state index contributed by atoms with van der Waals surface area (Å²) in [6.07, 6.45) is 2.49. The summed E-state index contributed by atoms with van der Waals surface area (Å²) in [7, 11) is 0. The lowest BCUT2D eigenvalue weighted by atomic mass is 10.1. The van der Waals surface area contributed by atoms with Crippen LogP contribution in [0.3, 0.4) is 0 Å². The molecule has 2 nitrogen and oxygen atoms in total. The first-order chi connectivity index (χ1) is 6.95. The molecule has 1 aromatic carbocycles. The lowest BCUT2D eigenvalue weighted by Gasteiger charge is -2.24. The predicted octanol–water partition coefficient (Wildman–Crippen LogP) is 1.41. The van der Waals surface area contributed by atoms with E-state index in [9.17, 15) is 0 Å². The van der Waals surface area contributed by atoms with Crippen LogP contribution < -0.4 is 10.2 Å². The Morgan fingerprint density at radius 2 is 2.21 bits per heavy atom. The second-order valence-corrected chi connectivity index (χ2v) is 4.24. The molecule has 0 saturated carbocycles. The molecule has 0 amide bonds. The molecule has 1 N–H and O–H groups in total. The maximum absolute atomic E-state index is 3.51. The van der Waals surface area contributed by atoms with Gasteiger partial charge in [-0.1, -0.05) is 18.2 Å². The maximum Gasteiger partial charge on any atom is 0.0455 e. The molecular weight excluding hydrogens is 172 g/mol. The van der Waals surface area contributed by atoms with Gasteiger partial charge >= 0.3 is 0 Å². The Kier molecular flexibility index (Phi) is 1.95. The zero-order chi connectivity index (χ0) is 9.38. The molecule has 3 rings (SSSR count). The number of anilines is 1. The molecule has 2 heteroatoms.